The first-order valence-corrected chi connectivity index (χ1v) is 7.31. The van der Waals surface area contributed by atoms with Gasteiger partial charge in [0.05, 0.1) is 6.61 Å². The third-order valence-electron chi connectivity index (χ3n) is 3.18. The maximum Gasteiger partial charge on any atom is 0.331 e. The number of esters is 1. The van der Waals surface area contributed by atoms with Crippen molar-refractivity contribution in [1.29, 1.82) is 0 Å². The average Bonchev–Trinajstić information content (AvgIpc) is 2.54. The standard InChI is InChI=1S/C19H20O3/c1-3-21-19(20)13-15(2)17-9-11-18(12-10-17)22-14-16-7-5-4-6-8-16/h4-13H,3,14H2,1-2H3. The Balaban J connectivity index is 1.96. The van der Waals surface area contributed by atoms with E-state index in [9.17, 15) is 4.79 Å². The minimum Gasteiger partial charge on any atom is -0.489 e. The molecule has 0 aliphatic carbocycles. The van der Waals surface area contributed by atoms with E-state index in [0.717, 1.165) is 22.4 Å². The zero-order chi connectivity index (χ0) is 15.8. The molecule has 0 saturated carbocycles. The van der Waals surface area contributed by atoms with E-state index in [1.165, 1.54) is 6.08 Å². The first-order chi connectivity index (χ1) is 10.7. The molecule has 0 amide bonds. The van der Waals surface area contributed by atoms with Crippen LogP contribution in [0.25, 0.3) is 5.57 Å². The first kappa shape index (κ1) is 15.8. The van der Waals surface area contributed by atoms with E-state index < -0.39 is 0 Å². The van der Waals surface area contributed by atoms with Crippen LogP contribution < -0.4 is 4.74 Å². The van der Waals surface area contributed by atoms with Gasteiger partial charge in [-0.25, -0.2) is 4.79 Å². The number of allylic oxidation sites excluding steroid dienone is 1. The van der Waals surface area contributed by atoms with Crippen LogP contribution in [-0.2, 0) is 16.1 Å². The van der Waals surface area contributed by atoms with Gasteiger partial charge in [0.15, 0.2) is 0 Å². The van der Waals surface area contributed by atoms with Gasteiger partial charge in [-0.2, -0.15) is 0 Å². The van der Waals surface area contributed by atoms with Crippen molar-refractivity contribution in [3.63, 3.8) is 0 Å². The third kappa shape index (κ3) is 4.77. The number of hydrogen-bond donors (Lipinski definition) is 0. The molecule has 0 bridgehead atoms. The van der Waals surface area contributed by atoms with E-state index in [1.54, 1.807) is 6.92 Å². The summed E-state index contributed by atoms with van der Waals surface area (Å²) in [6, 6.07) is 17.7. The lowest BCUT2D eigenvalue weighted by atomic mass is 10.1. The third-order valence-corrected chi connectivity index (χ3v) is 3.18. The molecular formula is C19H20O3. The monoisotopic (exact) mass is 296 g/mol. The number of ether oxygens (including phenoxy) is 2. The number of hydrogen-bond acceptors (Lipinski definition) is 3. The average molecular weight is 296 g/mol. The summed E-state index contributed by atoms with van der Waals surface area (Å²) < 4.78 is 10.6. The number of benzene rings is 2. The molecule has 0 aliphatic rings. The second-order valence-electron chi connectivity index (χ2n) is 4.88. The molecule has 0 fully saturated rings. The molecule has 0 aliphatic heterocycles. The Morgan fingerprint density at radius 2 is 1.73 bits per heavy atom. The van der Waals surface area contributed by atoms with Gasteiger partial charge in [0.1, 0.15) is 12.4 Å². The van der Waals surface area contributed by atoms with E-state index >= 15 is 0 Å². The Kier molecular flexibility index (Phi) is 5.78. The molecule has 2 aromatic carbocycles. The van der Waals surface area contributed by atoms with E-state index in [0.29, 0.717) is 13.2 Å². The van der Waals surface area contributed by atoms with Crippen LogP contribution in [0, 0.1) is 0 Å². The summed E-state index contributed by atoms with van der Waals surface area (Å²) in [7, 11) is 0. The summed E-state index contributed by atoms with van der Waals surface area (Å²) >= 11 is 0. The predicted molar refractivity (Wildman–Crippen MR) is 87.5 cm³/mol. The minimum atomic E-state index is -0.315. The van der Waals surface area contributed by atoms with Crippen LogP contribution in [0.5, 0.6) is 5.75 Å². The molecular weight excluding hydrogens is 276 g/mol. The highest BCUT2D eigenvalue weighted by Gasteiger charge is 2.02. The normalized spacial score (nSPS) is 11.1. The zero-order valence-electron chi connectivity index (χ0n) is 12.9. The lowest BCUT2D eigenvalue weighted by Gasteiger charge is -2.08. The summed E-state index contributed by atoms with van der Waals surface area (Å²) in [4.78, 5) is 11.4. The summed E-state index contributed by atoms with van der Waals surface area (Å²) in [6.07, 6.45) is 1.50. The molecule has 0 saturated heterocycles. The highest BCUT2D eigenvalue weighted by atomic mass is 16.5. The van der Waals surface area contributed by atoms with E-state index in [4.69, 9.17) is 9.47 Å². The maximum atomic E-state index is 11.4. The van der Waals surface area contributed by atoms with Crippen LogP contribution in [0.1, 0.15) is 25.0 Å². The highest BCUT2D eigenvalue weighted by Crippen LogP contribution is 2.19. The molecule has 0 atom stereocenters. The van der Waals surface area contributed by atoms with Crippen LogP contribution in [0.2, 0.25) is 0 Å². The Labute approximate surface area is 131 Å². The largest absolute Gasteiger partial charge is 0.489 e. The molecule has 22 heavy (non-hydrogen) atoms. The summed E-state index contributed by atoms with van der Waals surface area (Å²) in [6.45, 7) is 4.60. The van der Waals surface area contributed by atoms with Gasteiger partial charge in [-0.3, -0.25) is 0 Å². The van der Waals surface area contributed by atoms with Crippen LogP contribution in [0.4, 0.5) is 0 Å². The van der Waals surface area contributed by atoms with Crippen LogP contribution in [-0.4, -0.2) is 12.6 Å². The molecule has 0 heterocycles. The van der Waals surface area contributed by atoms with Crippen molar-refractivity contribution in [1.82, 2.24) is 0 Å². The van der Waals surface area contributed by atoms with Crippen molar-refractivity contribution in [2.45, 2.75) is 20.5 Å². The van der Waals surface area contributed by atoms with Gasteiger partial charge in [-0.15, -0.1) is 0 Å². The Morgan fingerprint density at radius 3 is 2.36 bits per heavy atom. The molecule has 2 aromatic rings. The molecule has 2 rings (SSSR count). The quantitative estimate of drug-likeness (QED) is 0.591. The topological polar surface area (TPSA) is 35.5 Å². The van der Waals surface area contributed by atoms with Crippen molar-refractivity contribution < 1.29 is 14.3 Å². The Bertz CT molecular complexity index is 627. The number of carbonyl (C=O) groups excluding carboxylic acids is 1. The number of carbonyl (C=O) groups is 1. The van der Waals surface area contributed by atoms with Crippen molar-refractivity contribution >= 4 is 11.5 Å². The summed E-state index contributed by atoms with van der Waals surface area (Å²) in [5.41, 5.74) is 2.97. The molecule has 114 valence electrons. The van der Waals surface area contributed by atoms with Gasteiger partial charge >= 0.3 is 5.97 Å². The van der Waals surface area contributed by atoms with Gasteiger partial charge in [-0.05, 0) is 42.7 Å². The fraction of sp³-hybridized carbons (Fsp3) is 0.211. The molecule has 0 radical (unpaired) electrons. The van der Waals surface area contributed by atoms with E-state index in [1.807, 2.05) is 61.5 Å². The van der Waals surface area contributed by atoms with Crippen LogP contribution >= 0.6 is 0 Å². The fourth-order valence-corrected chi connectivity index (χ4v) is 2.00. The summed E-state index contributed by atoms with van der Waals surface area (Å²) in [5.74, 6) is 0.487. The predicted octanol–water partition coefficient (Wildman–Crippen LogP) is 4.23. The number of rotatable bonds is 6. The van der Waals surface area contributed by atoms with Crippen LogP contribution in [0.3, 0.4) is 0 Å². The molecule has 3 heteroatoms. The summed E-state index contributed by atoms with van der Waals surface area (Å²) in [5, 5.41) is 0. The highest BCUT2D eigenvalue weighted by molar-refractivity contribution is 5.90. The smallest absolute Gasteiger partial charge is 0.331 e. The lowest BCUT2D eigenvalue weighted by molar-refractivity contribution is -0.137. The molecule has 0 spiro atoms. The fourth-order valence-electron chi connectivity index (χ4n) is 2.00. The van der Waals surface area contributed by atoms with Crippen molar-refractivity contribution in [3.05, 3.63) is 71.8 Å². The lowest BCUT2D eigenvalue weighted by Crippen LogP contribution is -2.00. The van der Waals surface area contributed by atoms with Gasteiger partial charge in [0.2, 0.25) is 0 Å². The van der Waals surface area contributed by atoms with Gasteiger partial charge in [-0.1, -0.05) is 42.5 Å². The zero-order valence-corrected chi connectivity index (χ0v) is 12.9. The van der Waals surface area contributed by atoms with Crippen molar-refractivity contribution in [2.24, 2.45) is 0 Å². The van der Waals surface area contributed by atoms with Crippen LogP contribution in [0.15, 0.2) is 60.7 Å². The Hall–Kier alpha value is -2.55. The second kappa shape index (κ2) is 8.03. The van der Waals surface area contributed by atoms with Gasteiger partial charge in [0.25, 0.3) is 0 Å². The Morgan fingerprint density at radius 1 is 1.05 bits per heavy atom. The first-order valence-electron chi connectivity index (χ1n) is 7.31. The molecule has 0 aromatic heterocycles. The van der Waals surface area contributed by atoms with E-state index in [2.05, 4.69) is 0 Å². The van der Waals surface area contributed by atoms with Gasteiger partial charge < -0.3 is 9.47 Å². The SMILES string of the molecule is CCOC(=O)C=C(C)c1ccc(OCc2ccccc2)cc1. The molecule has 0 unspecified atom stereocenters. The van der Waals surface area contributed by atoms with Crippen molar-refractivity contribution in [2.75, 3.05) is 6.61 Å². The second-order valence-corrected chi connectivity index (χ2v) is 4.88. The minimum absolute atomic E-state index is 0.315. The van der Waals surface area contributed by atoms with Crippen molar-refractivity contribution in [3.8, 4) is 5.75 Å². The van der Waals surface area contributed by atoms with Gasteiger partial charge in [0, 0.05) is 6.08 Å². The maximum absolute atomic E-state index is 11.4. The molecule has 0 N–H and O–H groups in total. The molecule has 3 nitrogen and oxygen atoms in total. The van der Waals surface area contributed by atoms with E-state index in [-0.39, 0.29) is 5.97 Å².